The van der Waals surface area contributed by atoms with Crippen LogP contribution in [-0.4, -0.2) is 73.8 Å². The van der Waals surface area contributed by atoms with Crippen molar-refractivity contribution in [1.82, 2.24) is 0 Å². The molecule has 1 heterocycles. The average molecular weight is 524 g/mol. The second-order valence-corrected chi connectivity index (χ2v) is 15.9. The topological polar surface area (TPSA) is 114 Å². The fourth-order valence-electron chi connectivity index (χ4n) is 3.17. The summed E-state index contributed by atoms with van der Waals surface area (Å²) in [7, 11) is 1.81. The zero-order chi connectivity index (χ0) is 23.6. The van der Waals surface area contributed by atoms with Gasteiger partial charge in [-0.15, -0.1) is 0 Å². The van der Waals surface area contributed by atoms with Crippen LogP contribution in [0.1, 0.15) is 54.4 Å². The minimum atomic E-state index is -1.29. The van der Waals surface area contributed by atoms with E-state index in [1.165, 1.54) is 27.7 Å². The van der Waals surface area contributed by atoms with Gasteiger partial charge in [0.15, 0.2) is 0 Å². The van der Waals surface area contributed by atoms with E-state index in [4.69, 9.17) is 23.7 Å². The molecule has 1 saturated heterocycles. The van der Waals surface area contributed by atoms with Crippen LogP contribution in [0, 0.1) is 0 Å². The molecule has 0 unspecified atom stereocenters. The molecule has 0 aromatic carbocycles. The molecule has 0 aromatic rings. The number of esters is 4. The Hall–Kier alpha value is -1.25. The van der Waals surface area contributed by atoms with Gasteiger partial charge >= 0.3 is 192 Å². The van der Waals surface area contributed by atoms with Crippen LogP contribution < -0.4 is 0 Å². The van der Waals surface area contributed by atoms with Crippen LogP contribution in [0.2, 0.25) is 10.4 Å². The van der Waals surface area contributed by atoms with E-state index >= 15 is 0 Å². The molecule has 0 bridgehead atoms. The van der Waals surface area contributed by atoms with Crippen LogP contribution in [0.5, 0.6) is 0 Å². The van der Waals surface area contributed by atoms with Gasteiger partial charge in [-0.1, -0.05) is 0 Å². The van der Waals surface area contributed by atoms with Gasteiger partial charge in [0.25, 0.3) is 0 Å². The van der Waals surface area contributed by atoms with Crippen LogP contribution in [0.3, 0.4) is 0 Å². The SMILES string of the molecule is CCC[As](CCC)SC[C@H]1O[C@@H](OC(C)=O)[C@H](OC(C)=O)[C@@H](OC(C)=O)[C@@H]1OC(C)=O. The Balaban J connectivity index is 3.24. The number of hydrogen-bond donors (Lipinski definition) is 0. The van der Waals surface area contributed by atoms with Gasteiger partial charge < -0.3 is 0 Å². The fraction of sp³-hybridized carbons (Fsp3) is 0.800. The number of ether oxygens (including phenoxy) is 5. The van der Waals surface area contributed by atoms with Crippen LogP contribution in [0.15, 0.2) is 0 Å². The number of carbonyl (C=O) groups excluding carboxylic acids is 4. The van der Waals surface area contributed by atoms with E-state index in [1.54, 1.807) is 10.0 Å². The molecule has 0 aliphatic carbocycles. The van der Waals surface area contributed by atoms with Crippen LogP contribution in [0.25, 0.3) is 0 Å². The maximum absolute atomic E-state index is 11.8. The van der Waals surface area contributed by atoms with Crippen molar-refractivity contribution in [3.8, 4) is 0 Å². The molecule has 9 nitrogen and oxygen atoms in total. The Labute approximate surface area is 191 Å². The van der Waals surface area contributed by atoms with E-state index in [0.29, 0.717) is 5.75 Å². The van der Waals surface area contributed by atoms with Crippen molar-refractivity contribution < 1.29 is 42.9 Å². The Morgan fingerprint density at radius 2 is 1.19 bits per heavy atom. The van der Waals surface area contributed by atoms with Gasteiger partial charge in [0, 0.05) is 0 Å². The third-order valence-electron chi connectivity index (χ3n) is 4.15. The van der Waals surface area contributed by atoms with Gasteiger partial charge in [0.1, 0.15) is 0 Å². The van der Waals surface area contributed by atoms with Gasteiger partial charge in [-0.25, -0.2) is 0 Å². The molecular weight excluding hydrogens is 491 g/mol. The summed E-state index contributed by atoms with van der Waals surface area (Å²) in [6, 6.07) is 0. The standard InChI is InChI=1S/C20H33AsO9S/c1-7-9-21(10-8-2)31-11-16-17(26-12(3)22)18(27-13(4)23)19(28-14(5)24)20(30-16)29-15(6)25/h16-20H,7-11H2,1-6H3/t16-,17-,18+,19-,20-/m1/s1. The molecule has 1 aliphatic rings. The van der Waals surface area contributed by atoms with Gasteiger partial charge in [0.2, 0.25) is 0 Å². The Morgan fingerprint density at radius 3 is 1.65 bits per heavy atom. The van der Waals surface area contributed by atoms with Crippen molar-refractivity contribution in [3.05, 3.63) is 0 Å². The van der Waals surface area contributed by atoms with E-state index in [2.05, 4.69) is 13.8 Å². The first kappa shape index (κ1) is 27.8. The van der Waals surface area contributed by atoms with Crippen molar-refractivity contribution in [2.75, 3.05) is 5.75 Å². The van der Waals surface area contributed by atoms with Crippen molar-refractivity contribution in [1.29, 1.82) is 0 Å². The van der Waals surface area contributed by atoms with Gasteiger partial charge in [0.05, 0.1) is 0 Å². The van der Waals surface area contributed by atoms with Crippen molar-refractivity contribution >= 4 is 47.4 Å². The molecule has 31 heavy (non-hydrogen) atoms. The Morgan fingerprint density at radius 1 is 0.742 bits per heavy atom. The van der Waals surface area contributed by atoms with Crippen molar-refractivity contribution in [2.24, 2.45) is 0 Å². The zero-order valence-electron chi connectivity index (χ0n) is 19.0. The molecule has 0 aromatic heterocycles. The van der Waals surface area contributed by atoms with Crippen LogP contribution in [-0.2, 0) is 42.9 Å². The predicted octanol–water partition coefficient (Wildman–Crippen LogP) is 2.61. The Kier molecular flexibility index (Phi) is 12.6. The predicted molar refractivity (Wildman–Crippen MR) is 115 cm³/mol. The summed E-state index contributed by atoms with van der Waals surface area (Å²) >= 11 is -1.18. The molecule has 1 fully saturated rings. The van der Waals surface area contributed by atoms with E-state index in [0.717, 1.165) is 23.3 Å². The molecule has 1 aliphatic heterocycles. The first-order valence-electron chi connectivity index (χ1n) is 10.3. The summed E-state index contributed by atoms with van der Waals surface area (Å²) in [5, 5.41) is 2.32. The summed E-state index contributed by atoms with van der Waals surface area (Å²) in [6.07, 6.45) is -3.27. The van der Waals surface area contributed by atoms with E-state index in [-0.39, 0.29) is 0 Å². The summed E-state index contributed by atoms with van der Waals surface area (Å²) < 4.78 is 27.3. The molecule has 178 valence electrons. The first-order valence-corrected chi connectivity index (χ1v) is 16.2. The van der Waals surface area contributed by atoms with Crippen molar-refractivity contribution in [3.63, 3.8) is 0 Å². The molecule has 0 amide bonds. The molecule has 0 spiro atoms. The molecule has 1 rings (SSSR count). The minimum absolute atomic E-state index is 0.472. The number of carbonyl (C=O) groups is 4. The first-order chi connectivity index (χ1) is 14.6. The third kappa shape index (κ3) is 9.83. The molecule has 0 N–H and O–H groups in total. The Bertz CT molecular complexity index is 624. The van der Waals surface area contributed by atoms with Gasteiger partial charge in [-0.2, -0.15) is 0 Å². The van der Waals surface area contributed by atoms with E-state index in [1.807, 2.05) is 0 Å². The zero-order valence-corrected chi connectivity index (χ0v) is 21.6. The van der Waals surface area contributed by atoms with Gasteiger partial charge in [-0.3, -0.25) is 0 Å². The van der Waals surface area contributed by atoms with Crippen LogP contribution >= 0.6 is 10.0 Å². The average Bonchev–Trinajstić information content (AvgIpc) is 2.63. The van der Waals surface area contributed by atoms with Crippen molar-refractivity contribution in [2.45, 2.75) is 95.5 Å². The second-order valence-electron chi connectivity index (χ2n) is 7.10. The number of hydrogen-bond acceptors (Lipinski definition) is 10. The summed E-state index contributed by atoms with van der Waals surface area (Å²) in [5.41, 5.74) is 0. The third-order valence-corrected chi connectivity index (χ3v) is 14.1. The summed E-state index contributed by atoms with van der Waals surface area (Å²) in [4.78, 5) is 46.9. The second kappa shape index (κ2) is 14.0. The summed E-state index contributed by atoms with van der Waals surface area (Å²) in [5.74, 6) is -2.11. The van der Waals surface area contributed by atoms with E-state index in [9.17, 15) is 19.2 Å². The van der Waals surface area contributed by atoms with Crippen LogP contribution in [0.4, 0.5) is 0 Å². The number of rotatable bonds is 11. The summed E-state index contributed by atoms with van der Waals surface area (Å²) in [6.45, 7) is 9.09. The molecule has 0 radical (unpaired) electrons. The molecule has 5 atom stereocenters. The normalized spacial score (nSPS) is 25.6. The molecule has 11 heteroatoms. The van der Waals surface area contributed by atoms with E-state index < -0.39 is 68.1 Å². The monoisotopic (exact) mass is 524 g/mol. The fourth-order valence-corrected chi connectivity index (χ4v) is 12.4. The maximum atomic E-state index is 11.8. The van der Waals surface area contributed by atoms with Gasteiger partial charge in [-0.05, 0) is 0 Å². The quantitative estimate of drug-likeness (QED) is 0.227. The molecule has 0 saturated carbocycles. The molecular formula is C20H33AsO9S.